The van der Waals surface area contributed by atoms with Crippen LogP contribution in [-0.2, 0) is 4.79 Å². The normalized spacial score (nSPS) is 17.6. The first-order valence-corrected chi connectivity index (χ1v) is 14.1. The van der Waals surface area contributed by atoms with Crippen LogP contribution < -0.4 is 14.5 Å². The molecule has 0 bridgehead atoms. The van der Waals surface area contributed by atoms with Gasteiger partial charge < -0.3 is 14.5 Å². The van der Waals surface area contributed by atoms with Crippen LogP contribution in [0.5, 0.6) is 11.8 Å². The minimum Gasteiger partial charge on any atom is -0.423 e. The average molecular weight is 550 g/mol. The van der Waals surface area contributed by atoms with Gasteiger partial charge in [0.1, 0.15) is 17.2 Å². The number of rotatable bonds is 6. The minimum absolute atomic E-state index is 0.0687. The molecule has 1 atom stereocenters. The summed E-state index contributed by atoms with van der Waals surface area (Å²) in [5, 5.41) is 9.44. The summed E-state index contributed by atoms with van der Waals surface area (Å²) < 4.78 is 6.02. The van der Waals surface area contributed by atoms with E-state index >= 15 is 0 Å². The molecular weight excluding hydrogens is 522 g/mol. The Morgan fingerprint density at radius 3 is 2.38 bits per heavy atom. The lowest BCUT2D eigenvalue weighted by molar-refractivity contribution is -0.115. The van der Waals surface area contributed by atoms with Crippen LogP contribution >= 0.6 is 11.8 Å². The van der Waals surface area contributed by atoms with E-state index in [0.717, 1.165) is 43.0 Å². The van der Waals surface area contributed by atoms with Gasteiger partial charge in [0.15, 0.2) is 5.82 Å². The number of nitriles is 1. The molecule has 1 amide bonds. The number of carbonyl (C=O) groups excluding carboxylic acids is 1. The summed E-state index contributed by atoms with van der Waals surface area (Å²) in [5.74, 6) is 1.90. The van der Waals surface area contributed by atoms with Gasteiger partial charge in [-0.05, 0) is 49.0 Å². The van der Waals surface area contributed by atoms with E-state index in [9.17, 15) is 10.1 Å². The third kappa shape index (κ3) is 5.34. The molecule has 9 nitrogen and oxygen atoms in total. The molecule has 2 fully saturated rings. The third-order valence-corrected chi connectivity index (χ3v) is 8.17. The lowest BCUT2D eigenvalue weighted by Gasteiger charge is -2.32. The van der Waals surface area contributed by atoms with Crippen LogP contribution in [0.25, 0.3) is 11.4 Å². The number of ether oxygens (including phenoxy) is 1. The molecule has 0 saturated carbocycles. The average Bonchev–Trinajstić information content (AvgIpc) is 3.39. The van der Waals surface area contributed by atoms with Gasteiger partial charge in [-0.2, -0.15) is 20.2 Å². The number of para-hydroxylation sites is 1. The summed E-state index contributed by atoms with van der Waals surface area (Å²) in [6.07, 6.45) is 0. The highest BCUT2D eigenvalue weighted by Gasteiger charge is 2.34. The third-order valence-electron chi connectivity index (χ3n) is 6.95. The SMILES string of the molecule is CN1CCN(c2nc(Oc3ccccc3C#N)nc(-c3ccc(N4C(=O)CSC4c4ccccc4)cc3)n2)CC1. The number of piperazine rings is 1. The lowest BCUT2D eigenvalue weighted by Crippen LogP contribution is -2.45. The zero-order valence-corrected chi connectivity index (χ0v) is 22.8. The van der Waals surface area contributed by atoms with Gasteiger partial charge in [-0.1, -0.05) is 42.5 Å². The Kier molecular flexibility index (Phi) is 7.31. The van der Waals surface area contributed by atoms with Gasteiger partial charge in [0.2, 0.25) is 11.9 Å². The maximum absolute atomic E-state index is 12.9. The van der Waals surface area contributed by atoms with Crippen molar-refractivity contribution in [1.29, 1.82) is 5.26 Å². The maximum atomic E-state index is 12.9. The summed E-state index contributed by atoms with van der Waals surface area (Å²) in [4.78, 5) is 33.1. The van der Waals surface area contributed by atoms with E-state index in [1.165, 1.54) is 0 Å². The zero-order chi connectivity index (χ0) is 27.5. The number of carbonyl (C=O) groups is 1. The number of anilines is 2. The number of likely N-dealkylation sites (N-methyl/N-ethyl adjacent to an activating group) is 1. The fourth-order valence-corrected chi connectivity index (χ4v) is 5.93. The van der Waals surface area contributed by atoms with E-state index in [1.54, 1.807) is 36.0 Å². The molecule has 200 valence electrons. The first kappa shape index (κ1) is 25.8. The highest BCUT2D eigenvalue weighted by molar-refractivity contribution is 8.00. The number of aromatic nitrogens is 3. The Hall–Kier alpha value is -4.46. The van der Waals surface area contributed by atoms with Crippen molar-refractivity contribution in [2.24, 2.45) is 0 Å². The van der Waals surface area contributed by atoms with Crippen molar-refractivity contribution in [3.8, 4) is 29.2 Å². The van der Waals surface area contributed by atoms with Crippen molar-refractivity contribution in [2.75, 3.05) is 48.8 Å². The number of benzene rings is 3. The molecule has 1 aromatic heterocycles. The van der Waals surface area contributed by atoms with Crippen molar-refractivity contribution >= 4 is 29.3 Å². The molecule has 1 unspecified atom stereocenters. The molecular formula is C30H27N7O2S. The van der Waals surface area contributed by atoms with Crippen LogP contribution in [0.1, 0.15) is 16.5 Å². The Morgan fingerprint density at radius 1 is 0.900 bits per heavy atom. The quantitative estimate of drug-likeness (QED) is 0.338. The molecule has 0 aliphatic carbocycles. The number of thioether (sulfide) groups is 1. The first-order chi connectivity index (χ1) is 19.6. The molecule has 3 heterocycles. The van der Waals surface area contributed by atoms with Gasteiger partial charge in [-0.25, -0.2) is 0 Å². The highest BCUT2D eigenvalue weighted by Crippen LogP contribution is 2.42. The fraction of sp³-hybridized carbons (Fsp3) is 0.233. The second kappa shape index (κ2) is 11.3. The van der Waals surface area contributed by atoms with Crippen LogP contribution in [0.4, 0.5) is 11.6 Å². The largest absolute Gasteiger partial charge is 0.423 e. The van der Waals surface area contributed by atoms with Gasteiger partial charge in [0, 0.05) is 37.4 Å². The predicted octanol–water partition coefficient (Wildman–Crippen LogP) is 4.73. The van der Waals surface area contributed by atoms with Gasteiger partial charge in [0.05, 0.1) is 11.3 Å². The topological polar surface area (TPSA) is 98.5 Å². The van der Waals surface area contributed by atoms with Gasteiger partial charge >= 0.3 is 6.01 Å². The van der Waals surface area contributed by atoms with E-state index in [4.69, 9.17) is 9.72 Å². The molecule has 6 rings (SSSR count). The smallest absolute Gasteiger partial charge is 0.327 e. The summed E-state index contributed by atoms with van der Waals surface area (Å²) in [7, 11) is 2.09. The van der Waals surface area contributed by atoms with E-state index in [0.29, 0.717) is 28.8 Å². The second-order valence-corrected chi connectivity index (χ2v) is 10.7. The van der Waals surface area contributed by atoms with Crippen molar-refractivity contribution in [2.45, 2.75) is 5.37 Å². The number of hydrogen-bond acceptors (Lipinski definition) is 9. The summed E-state index contributed by atoms with van der Waals surface area (Å²) in [6, 6.07) is 27.0. The van der Waals surface area contributed by atoms with E-state index in [2.05, 4.69) is 32.9 Å². The van der Waals surface area contributed by atoms with Crippen molar-refractivity contribution < 1.29 is 9.53 Å². The van der Waals surface area contributed by atoms with Gasteiger partial charge in [-0.15, -0.1) is 11.8 Å². The maximum Gasteiger partial charge on any atom is 0.327 e. The zero-order valence-electron chi connectivity index (χ0n) is 22.0. The fourth-order valence-electron chi connectivity index (χ4n) is 4.75. The Balaban J connectivity index is 1.33. The van der Waals surface area contributed by atoms with Crippen LogP contribution in [-0.4, -0.2) is 64.7 Å². The molecule has 0 spiro atoms. The highest BCUT2D eigenvalue weighted by atomic mass is 32.2. The van der Waals surface area contributed by atoms with E-state index in [-0.39, 0.29) is 17.3 Å². The van der Waals surface area contributed by atoms with E-state index in [1.807, 2.05) is 59.5 Å². The second-order valence-electron chi connectivity index (χ2n) is 9.63. The Bertz CT molecular complexity index is 1550. The molecule has 2 aliphatic heterocycles. The van der Waals surface area contributed by atoms with Crippen molar-refractivity contribution in [1.82, 2.24) is 19.9 Å². The Morgan fingerprint density at radius 2 is 1.62 bits per heavy atom. The first-order valence-electron chi connectivity index (χ1n) is 13.0. The summed E-state index contributed by atoms with van der Waals surface area (Å²) >= 11 is 1.63. The minimum atomic E-state index is -0.0687. The van der Waals surface area contributed by atoms with Crippen LogP contribution in [0.2, 0.25) is 0 Å². The summed E-state index contributed by atoms with van der Waals surface area (Å²) in [6.45, 7) is 3.35. The molecule has 2 saturated heterocycles. The molecule has 10 heteroatoms. The number of nitrogens with zero attached hydrogens (tertiary/aromatic N) is 7. The van der Waals surface area contributed by atoms with Crippen molar-refractivity contribution in [3.63, 3.8) is 0 Å². The lowest BCUT2D eigenvalue weighted by atomic mass is 10.1. The Labute approximate surface area is 237 Å². The molecule has 3 aromatic carbocycles. The number of hydrogen-bond donors (Lipinski definition) is 0. The summed E-state index contributed by atoms with van der Waals surface area (Å²) in [5.41, 5.74) is 3.09. The number of amides is 1. The van der Waals surface area contributed by atoms with Gasteiger partial charge in [0.25, 0.3) is 0 Å². The van der Waals surface area contributed by atoms with Crippen LogP contribution in [0, 0.1) is 11.3 Å². The van der Waals surface area contributed by atoms with E-state index < -0.39 is 0 Å². The molecule has 4 aromatic rings. The molecule has 2 aliphatic rings. The van der Waals surface area contributed by atoms with Crippen molar-refractivity contribution in [3.05, 3.63) is 90.0 Å². The monoisotopic (exact) mass is 549 g/mol. The molecule has 40 heavy (non-hydrogen) atoms. The van der Waals surface area contributed by atoms with Gasteiger partial charge in [-0.3, -0.25) is 9.69 Å². The predicted molar refractivity (Wildman–Crippen MR) is 155 cm³/mol. The van der Waals surface area contributed by atoms with Crippen LogP contribution in [0.15, 0.2) is 78.9 Å². The standard InChI is InChI=1S/C30H27N7O2S/c1-35-15-17-36(18-16-35)29-32-27(33-30(34-29)39-25-10-6-5-9-23(25)19-31)21-11-13-24(14-12-21)37-26(38)20-40-28(37)22-7-3-2-4-8-22/h2-14,28H,15-18,20H2,1H3. The molecule has 0 N–H and O–H groups in total. The van der Waals surface area contributed by atoms with Crippen LogP contribution in [0.3, 0.4) is 0 Å². The molecule has 0 radical (unpaired) electrons.